The smallest absolute Gasteiger partial charge is 0.0832 e. The van der Waals surface area contributed by atoms with Crippen molar-refractivity contribution in [2.75, 3.05) is 14.2 Å². The SMILES string of the molecule is CO.CO.ClOCl.[Zr]. The third kappa shape index (κ3) is 164. The van der Waals surface area contributed by atoms with Crippen molar-refractivity contribution >= 4 is 23.7 Å². The summed E-state index contributed by atoms with van der Waals surface area (Å²) >= 11 is 8.53. The van der Waals surface area contributed by atoms with Crippen molar-refractivity contribution in [3.8, 4) is 0 Å². The molecule has 8 heavy (non-hydrogen) atoms. The van der Waals surface area contributed by atoms with Crippen LogP contribution < -0.4 is 0 Å². The fourth-order valence-corrected chi connectivity index (χ4v) is 0. The monoisotopic (exact) mass is 240 g/mol. The van der Waals surface area contributed by atoms with Crippen molar-refractivity contribution in [2.24, 2.45) is 0 Å². The van der Waals surface area contributed by atoms with E-state index in [1.807, 2.05) is 0 Å². The van der Waals surface area contributed by atoms with E-state index in [9.17, 15) is 0 Å². The predicted molar refractivity (Wildman–Crippen MR) is 29.1 cm³/mol. The van der Waals surface area contributed by atoms with E-state index >= 15 is 0 Å². The molecule has 0 aliphatic rings. The molecular weight excluding hydrogens is 234 g/mol. The topological polar surface area (TPSA) is 49.7 Å². The largest absolute Gasteiger partial charge is 0.400 e. The Balaban J connectivity index is -0.0000000147. The second-order valence-electron chi connectivity index (χ2n) is 0.0583. The van der Waals surface area contributed by atoms with Gasteiger partial charge in [-0.2, -0.15) is 3.84 Å². The molecule has 0 heterocycles. The van der Waals surface area contributed by atoms with Gasteiger partial charge in [-0.25, -0.2) is 0 Å². The van der Waals surface area contributed by atoms with E-state index < -0.39 is 0 Å². The molecule has 0 saturated heterocycles. The molecule has 0 aliphatic heterocycles. The zero-order valence-corrected chi connectivity index (χ0v) is 8.53. The van der Waals surface area contributed by atoms with Crippen molar-refractivity contribution in [3.05, 3.63) is 0 Å². The van der Waals surface area contributed by atoms with Crippen molar-refractivity contribution in [1.82, 2.24) is 0 Å². The van der Waals surface area contributed by atoms with Gasteiger partial charge in [0.25, 0.3) is 0 Å². The number of aliphatic hydroxyl groups is 2. The zero-order chi connectivity index (χ0) is 6.71. The summed E-state index contributed by atoms with van der Waals surface area (Å²) in [5.74, 6) is 0. The van der Waals surface area contributed by atoms with Crippen LogP contribution in [-0.2, 0) is 30.0 Å². The molecule has 0 fully saturated rings. The molecule has 0 bridgehead atoms. The Bertz CT molecular complexity index is 15.2. The molecule has 0 rings (SSSR count). The van der Waals surface area contributed by atoms with Crippen LogP contribution in [0.2, 0.25) is 0 Å². The van der Waals surface area contributed by atoms with Gasteiger partial charge < -0.3 is 10.2 Å². The van der Waals surface area contributed by atoms with Gasteiger partial charge in [-0.3, -0.25) is 0 Å². The van der Waals surface area contributed by atoms with Crippen LogP contribution in [0.25, 0.3) is 0 Å². The summed E-state index contributed by atoms with van der Waals surface area (Å²) in [7, 11) is 2.00. The fraction of sp³-hybridized carbons (Fsp3) is 1.00. The van der Waals surface area contributed by atoms with E-state index in [-0.39, 0.29) is 26.2 Å². The van der Waals surface area contributed by atoms with Gasteiger partial charge in [0.1, 0.15) is 0 Å². The van der Waals surface area contributed by atoms with E-state index in [2.05, 4.69) is 27.6 Å². The Hall–Kier alpha value is 1.34. The first kappa shape index (κ1) is 22.8. The van der Waals surface area contributed by atoms with E-state index in [1.165, 1.54) is 0 Å². The molecular formula is C2H8Cl2O3Zr. The maximum Gasteiger partial charge on any atom is 0.0832 e. The van der Waals surface area contributed by atoms with Gasteiger partial charge in [0.2, 0.25) is 0 Å². The minimum atomic E-state index is 0. The standard InChI is InChI=1S/2CH4O.Cl2O.Zr/c2*1-2;1-3-2;/h2*2H,1H3;;. The van der Waals surface area contributed by atoms with Crippen LogP contribution in [0.5, 0.6) is 0 Å². The van der Waals surface area contributed by atoms with Gasteiger partial charge in [0.15, 0.2) is 0 Å². The Labute approximate surface area is 78.0 Å². The molecule has 0 aromatic carbocycles. The fourth-order valence-electron chi connectivity index (χ4n) is 0. The summed E-state index contributed by atoms with van der Waals surface area (Å²) in [6.07, 6.45) is 0. The molecule has 0 radical (unpaired) electrons. The minimum Gasteiger partial charge on any atom is -0.400 e. The van der Waals surface area contributed by atoms with Gasteiger partial charge in [-0.1, -0.05) is 0 Å². The first-order valence-corrected chi connectivity index (χ1v) is 1.82. The summed E-state index contributed by atoms with van der Waals surface area (Å²) in [5, 5.41) is 14.0. The van der Waals surface area contributed by atoms with Crippen molar-refractivity contribution < 1.29 is 40.3 Å². The predicted octanol–water partition coefficient (Wildman–Crippen LogP) is 0.525. The first-order valence-electron chi connectivity index (χ1n) is 1.20. The summed E-state index contributed by atoms with van der Waals surface area (Å²) in [6.45, 7) is 0. The average Bonchev–Trinajstić information content (AvgIpc) is 1.78. The molecule has 0 aromatic rings. The van der Waals surface area contributed by atoms with Crippen molar-refractivity contribution in [1.29, 1.82) is 0 Å². The number of hydrogen-bond acceptors (Lipinski definition) is 3. The third-order valence-corrected chi connectivity index (χ3v) is 0. The molecule has 0 spiro atoms. The summed E-state index contributed by atoms with van der Waals surface area (Å²) in [6, 6.07) is 0. The molecule has 0 unspecified atom stereocenters. The Morgan fingerprint density at radius 2 is 1.00 bits per heavy atom. The summed E-state index contributed by atoms with van der Waals surface area (Å²) in [4.78, 5) is 0. The number of rotatable bonds is 0. The summed E-state index contributed by atoms with van der Waals surface area (Å²) in [5.41, 5.74) is 0. The summed E-state index contributed by atoms with van der Waals surface area (Å²) < 4.78 is 3.19. The first-order chi connectivity index (χ1) is 3.41. The molecule has 0 saturated carbocycles. The van der Waals surface area contributed by atoms with Crippen LogP contribution in [0.3, 0.4) is 0 Å². The average molecular weight is 242 g/mol. The van der Waals surface area contributed by atoms with Crippen LogP contribution in [-0.4, -0.2) is 24.4 Å². The zero-order valence-electron chi connectivity index (χ0n) is 4.56. The molecule has 0 atom stereocenters. The second kappa shape index (κ2) is 81.9. The molecule has 3 nitrogen and oxygen atoms in total. The van der Waals surface area contributed by atoms with Gasteiger partial charge in [-0.15, -0.1) is 0 Å². The molecule has 52 valence electrons. The maximum atomic E-state index is 7.00. The van der Waals surface area contributed by atoms with Crippen molar-refractivity contribution in [3.63, 3.8) is 0 Å². The molecule has 2 N–H and O–H groups in total. The third-order valence-electron chi connectivity index (χ3n) is 0. The normalized spacial score (nSPS) is 3.75. The second-order valence-corrected chi connectivity index (χ2v) is 0.525. The van der Waals surface area contributed by atoms with E-state index in [4.69, 9.17) is 10.2 Å². The van der Waals surface area contributed by atoms with Gasteiger partial charge in [0, 0.05) is 40.4 Å². The van der Waals surface area contributed by atoms with E-state index in [0.717, 1.165) is 14.2 Å². The molecule has 0 amide bonds. The van der Waals surface area contributed by atoms with Crippen LogP contribution >= 0.6 is 23.7 Å². The van der Waals surface area contributed by atoms with Gasteiger partial charge >= 0.3 is 0 Å². The van der Waals surface area contributed by atoms with Gasteiger partial charge in [0.05, 0.1) is 23.7 Å². The van der Waals surface area contributed by atoms with Crippen LogP contribution in [0, 0.1) is 0 Å². The van der Waals surface area contributed by atoms with Crippen LogP contribution in [0.4, 0.5) is 0 Å². The maximum absolute atomic E-state index is 7.00. The van der Waals surface area contributed by atoms with Crippen LogP contribution in [0.15, 0.2) is 0 Å². The minimum absolute atomic E-state index is 0. The van der Waals surface area contributed by atoms with Gasteiger partial charge in [-0.05, 0) is 0 Å². The molecule has 0 aromatic heterocycles. The number of halogens is 2. The van der Waals surface area contributed by atoms with E-state index in [0.29, 0.717) is 0 Å². The number of aliphatic hydroxyl groups excluding tert-OH is 2. The van der Waals surface area contributed by atoms with E-state index in [1.54, 1.807) is 0 Å². The van der Waals surface area contributed by atoms with Crippen LogP contribution in [0.1, 0.15) is 0 Å². The Morgan fingerprint density at radius 1 is 1.00 bits per heavy atom. The van der Waals surface area contributed by atoms with Crippen molar-refractivity contribution in [2.45, 2.75) is 0 Å². The quantitative estimate of drug-likeness (QED) is 0.651. The molecule has 6 heteroatoms. The Morgan fingerprint density at radius 3 is 1.00 bits per heavy atom. The molecule has 0 aliphatic carbocycles. The Kier molecular flexibility index (Phi) is 233. The number of hydrogen-bond donors (Lipinski definition) is 2.